The fraction of sp³-hybridized carbons (Fsp3) is 0.176. The van der Waals surface area contributed by atoms with Gasteiger partial charge in [0.05, 0.1) is 38.2 Å². The summed E-state index contributed by atoms with van der Waals surface area (Å²) < 4.78 is 12.0. The van der Waals surface area contributed by atoms with E-state index >= 15 is 0 Å². The maximum Gasteiger partial charge on any atom is 0.255 e. The van der Waals surface area contributed by atoms with Gasteiger partial charge in [0, 0.05) is 18.5 Å². The fourth-order valence-corrected chi connectivity index (χ4v) is 2.25. The Bertz CT molecular complexity index is 864. The van der Waals surface area contributed by atoms with Crippen molar-refractivity contribution in [3.63, 3.8) is 0 Å². The predicted molar refractivity (Wildman–Crippen MR) is 89.9 cm³/mol. The quantitative estimate of drug-likeness (QED) is 0.734. The Labute approximate surface area is 144 Å². The molecular weight excluding hydrogens is 322 g/mol. The highest BCUT2D eigenvalue weighted by atomic mass is 16.5. The number of hydrogen-bond acceptors (Lipinski definition) is 6. The standard InChI is InChI=1S/C17H17N5O3/c1-24-14-3-4-15(16(9-14)25-2)17(23)19-10-12-11-22(21-20-12)13-5-7-18-8-6-13/h3-9,11H,10H2,1-2H3,(H,19,23). The Kier molecular flexibility index (Phi) is 4.89. The molecule has 0 saturated heterocycles. The zero-order valence-electron chi connectivity index (χ0n) is 13.8. The minimum Gasteiger partial charge on any atom is -0.497 e. The van der Waals surface area contributed by atoms with Crippen LogP contribution in [0.3, 0.4) is 0 Å². The molecule has 25 heavy (non-hydrogen) atoms. The summed E-state index contributed by atoms with van der Waals surface area (Å²) in [7, 11) is 3.06. The molecule has 1 amide bonds. The SMILES string of the molecule is COc1ccc(C(=O)NCc2cn(-c3ccncc3)nn2)c(OC)c1. The van der Waals surface area contributed by atoms with E-state index in [4.69, 9.17) is 9.47 Å². The molecule has 1 aromatic carbocycles. The van der Waals surface area contributed by atoms with Crippen LogP contribution < -0.4 is 14.8 Å². The van der Waals surface area contributed by atoms with Gasteiger partial charge in [-0.05, 0) is 24.3 Å². The molecule has 0 saturated carbocycles. The number of hydrogen-bond donors (Lipinski definition) is 1. The second-order valence-electron chi connectivity index (χ2n) is 5.11. The summed E-state index contributed by atoms with van der Waals surface area (Å²) in [5.41, 5.74) is 1.90. The number of rotatable bonds is 6. The van der Waals surface area contributed by atoms with Gasteiger partial charge in [-0.3, -0.25) is 9.78 Å². The van der Waals surface area contributed by atoms with Gasteiger partial charge >= 0.3 is 0 Å². The summed E-state index contributed by atoms with van der Waals surface area (Å²) in [6, 6.07) is 8.66. The summed E-state index contributed by atoms with van der Waals surface area (Å²) in [5.74, 6) is 0.795. The topological polar surface area (TPSA) is 91.2 Å². The second kappa shape index (κ2) is 7.43. The number of nitrogens with zero attached hydrogens (tertiary/aromatic N) is 4. The largest absolute Gasteiger partial charge is 0.497 e. The van der Waals surface area contributed by atoms with Crippen molar-refractivity contribution in [3.05, 3.63) is 60.2 Å². The monoisotopic (exact) mass is 339 g/mol. The van der Waals surface area contributed by atoms with Crippen molar-refractivity contribution in [1.82, 2.24) is 25.3 Å². The molecule has 3 rings (SSSR count). The molecule has 0 unspecified atom stereocenters. The van der Waals surface area contributed by atoms with Crippen LogP contribution in [0.15, 0.2) is 48.9 Å². The molecule has 0 aliphatic heterocycles. The maximum absolute atomic E-state index is 12.4. The molecule has 2 aromatic heterocycles. The van der Waals surface area contributed by atoms with Gasteiger partial charge < -0.3 is 14.8 Å². The minimum atomic E-state index is -0.266. The van der Waals surface area contributed by atoms with Crippen molar-refractivity contribution in [2.24, 2.45) is 0 Å². The lowest BCUT2D eigenvalue weighted by molar-refractivity contribution is 0.0947. The average molecular weight is 339 g/mol. The van der Waals surface area contributed by atoms with E-state index in [-0.39, 0.29) is 12.5 Å². The molecule has 8 heteroatoms. The summed E-state index contributed by atoms with van der Waals surface area (Å²) in [5, 5.41) is 10.9. The highest BCUT2D eigenvalue weighted by Gasteiger charge is 2.14. The van der Waals surface area contributed by atoms with Crippen LogP contribution in [0.4, 0.5) is 0 Å². The van der Waals surface area contributed by atoms with E-state index in [1.54, 1.807) is 48.6 Å². The van der Waals surface area contributed by atoms with Crippen LogP contribution in [0.2, 0.25) is 0 Å². The Morgan fingerprint density at radius 2 is 1.96 bits per heavy atom. The Morgan fingerprint density at radius 1 is 1.16 bits per heavy atom. The van der Waals surface area contributed by atoms with Crippen molar-refractivity contribution in [1.29, 1.82) is 0 Å². The molecule has 0 atom stereocenters. The van der Waals surface area contributed by atoms with Crippen molar-refractivity contribution in [2.75, 3.05) is 14.2 Å². The molecule has 8 nitrogen and oxygen atoms in total. The third kappa shape index (κ3) is 3.74. The van der Waals surface area contributed by atoms with Crippen LogP contribution in [0.1, 0.15) is 16.1 Å². The van der Waals surface area contributed by atoms with E-state index in [1.807, 2.05) is 12.1 Å². The van der Waals surface area contributed by atoms with E-state index in [0.717, 1.165) is 5.69 Å². The number of ether oxygens (including phenoxy) is 2. The van der Waals surface area contributed by atoms with Gasteiger partial charge in [0.1, 0.15) is 17.2 Å². The van der Waals surface area contributed by atoms with E-state index in [0.29, 0.717) is 22.8 Å². The highest BCUT2D eigenvalue weighted by Crippen LogP contribution is 2.24. The van der Waals surface area contributed by atoms with E-state index < -0.39 is 0 Å². The number of pyridine rings is 1. The minimum absolute atomic E-state index is 0.249. The van der Waals surface area contributed by atoms with Crippen LogP contribution in [0, 0.1) is 0 Å². The summed E-state index contributed by atoms with van der Waals surface area (Å²) in [6.45, 7) is 0.249. The fourth-order valence-electron chi connectivity index (χ4n) is 2.25. The van der Waals surface area contributed by atoms with Gasteiger partial charge in [-0.25, -0.2) is 4.68 Å². The van der Waals surface area contributed by atoms with Crippen LogP contribution >= 0.6 is 0 Å². The molecular formula is C17H17N5O3. The van der Waals surface area contributed by atoms with E-state index in [2.05, 4.69) is 20.6 Å². The lowest BCUT2D eigenvalue weighted by atomic mass is 10.1. The first-order chi connectivity index (χ1) is 12.2. The van der Waals surface area contributed by atoms with Crippen molar-refractivity contribution >= 4 is 5.91 Å². The molecule has 0 fully saturated rings. The molecule has 3 aromatic rings. The van der Waals surface area contributed by atoms with Gasteiger partial charge in [0.25, 0.3) is 5.91 Å². The van der Waals surface area contributed by atoms with Crippen LogP contribution in [0.25, 0.3) is 5.69 Å². The molecule has 0 aliphatic carbocycles. The molecule has 0 aliphatic rings. The zero-order valence-corrected chi connectivity index (χ0v) is 13.8. The van der Waals surface area contributed by atoms with E-state index in [9.17, 15) is 4.79 Å². The van der Waals surface area contributed by atoms with Gasteiger partial charge in [-0.15, -0.1) is 5.10 Å². The normalized spacial score (nSPS) is 10.3. The first kappa shape index (κ1) is 16.4. The average Bonchev–Trinajstić information content (AvgIpc) is 3.15. The summed E-state index contributed by atoms with van der Waals surface area (Å²) >= 11 is 0. The Morgan fingerprint density at radius 3 is 2.68 bits per heavy atom. The Hall–Kier alpha value is -3.42. The smallest absolute Gasteiger partial charge is 0.255 e. The van der Waals surface area contributed by atoms with Crippen LogP contribution in [-0.2, 0) is 6.54 Å². The zero-order chi connectivity index (χ0) is 17.6. The first-order valence-corrected chi connectivity index (χ1v) is 7.53. The van der Waals surface area contributed by atoms with Crippen LogP contribution in [0.5, 0.6) is 11.5 Å². The Balaban J connectivity index is 1.68. The number of carbonyl (C=O) groups excluding carboxylic acids is 1. The molecule has 0 spiro atoms. The number of benzene rings is 1. The third-order valence-electron chi connectivity index (χ3n) is 3.55. The number of nitrogens with one attached hydrogen (secondary N) is 1. The molecule has 1 N–H and O–H groups in total. The lowest BCUT2D eigenvalue weighted by Gasteiger charge is -2.10. The maximum atomic E-state index is 12.4. The predicted octanol–water partition coefficient (Wildman–Crippen LogP) is 1.61. The summed E-state index contributed by atoms with van der Waals surface area (Å²) in [6.07, 6.45) is 5.10. The van der Waals surface area contributed by atoms with Crippen molar-refractivity contribution < 1.29 is 14.3 Å². The van der Waals surface area contributed by atoms with E-state index in [1.165, 1.54) is 7.11 Å². The first-order valence-electron chi connectivity index (χ1n) is 7.53. The number of methoxy groups -OCH3 is 2. The van der Waals surface area contributed by atoms with Gasteiger partial charge in [0.15, 0.2) is 0 Å². The second-order valence-corrected chi connectivity index (χ2v) is 5.11. The molecule has 2 heterocycles. The highest BCUT2D eigenvalue weighted by molar-refractivity contribution is 5.97. The molecule has 128 valence electrons. The number of amides is 1. The van der Waals surface area contributed by atoms with Gasteiger partial charge in [-0.1, -0.05) is 5.21 Å². The number of aromatic nitrogens is 4. The van der Waals surface area contributed by atoms with Crippen LogP contribution in [-0.4, -0.2) is 40.1 Å². The summed E-state index contributed by atoms with van der Waals surface area (Å²) in [4.78, 5) is 16.3. The van der Waals surface area contributed by atoms with Gasteiger partial charge in [-0.2, -0.15) is 0 Å². The molecule has 0 radical (unpaired) electrons. The lowest BCUT2D eigenvalue weighted by Crippen LogP contribution is -2.23. The third-order valence-corrected chi connectivity index (χ3v) is 3.55. The number of carbonyl (C=O) groups is 1. The van der Waals surface area contributed by atoms with Crippen molar-refractivity contribution in [2.45, 2.75) is 6.54 Å². The molecule has 0 bridgehead atoms. The van der Waals surface area contributed by atoms with Gasteiger partial charge in [0.2, 0.25) is 0 Å². The van der Waals surface area contributed by atoms with Crippen molar-refractivity contribution in [3.8, 4) is 17.2 Å².